The highest BCUT2D eigenvalue weighted by molar-refractivity contribution is 5.68. The first-order valence-electron chi connectivity index (χ1n) is 8.31. The highest BCUT2D eigenvalue weighted by atomic mass is 15.1. The Balaban J connectivity index is 1.89. The first-order valence-corrected chi connectivity index (χ1v) is 8.31. The Morgan fingerprint density at radius 1 is 0.840 bits per heavy atom. The minimum absolute atomic E-state index is 0.613. The van der Waals surface area contributed by atoms with Crippen LogP contribution >= 0.6 is 0 Å². The van der Waals surface area contributed by atoms with Gasteiger partial charge in [0.25, 0.3) is 0 Å². The minimum atomic E-state index is 0.613. The topological polar surface area (TPSA) is 75.6 Å². The maximum atomic E-state index is 4.47. The summed E-state index contributed by atoms with van der Waals surface area (Å²) >= 11 is 0. The third-order valence-electron chi connectivity index (χ3n) is 3.80. The minimum Gasteiger partial charge on any atom is -0.340 e. The molecular weight excluding hydrogens is 312 g/mol. The molecule has 0 amide bonds. The fourth-order valence-corrected chi connectivity index (χ4v) is 2.65. The zero-order valence-electron chi connectivity index (χ0n) is 15.0. The van der Waals surface area contributed by atoms with Crippen molar-refractivity contribution in [1.82, 2.24) is 19.9 Å². The maximum Gasteiger partial charge on any atom is 0.227 e. The number of rotatable bonds is 5. The van der Waals surface area contributed by atoms with Crippen LogP contribution in [0.5, 0.6) is 0 Å². The van der Waals surface area contributed by atoms with E-state index in [9.17, 15) is 0 Å². The normalized spacial score (nSPS) is 10.6. The molecule has 0 aliphatic carbocycles. The first-order chi connectivity index (χ1) is 12.0. The number of nitrogens with zero attached hydrogens (tertiary/aromatic N) is 4. The second-order valence-electron chi connectivity index (χ2n) is 5.99. The molecule has 0 radical (unpaired) electrons. The van der Waals surface area contributed by atoms with E-state index < -0.39 is 0 Å². The first kappa shape index (κ1) is 16.8. The van der Waals surface area contributed by atoms with Crippen molar-refractivity contribution in [2.75, 3.05) is 10.6 Å². The molecule has 0 saturated heterocycles. The van der Waals surface area contributed by atoms with Crippen molar-refractivity contribution in [1.29, 1.82) is 0 Å². The van der Waals surface area contributed by atoms with E-state index in [-0.39, 0.29) is 0 Å². The Morgan fingerprint density at radius 2 is 1.60 bits per heavy atom. The van der Waals surface area contributed by atoms with Gasteiger partial charge in [-0.25, -0.2) is 19.9 Å². The molecule has 0 saturated carbocycles. The second-order valence-corrected chi connectivity index (χ2v) is 5.99. The van der Waals surface area contributed by atoms with Gasteiger partial charge < -0.3 is 10.6 Å². The molecule has 6 nitrogen and oxygen atoms in total. The summed E-state index contributed by atoms with van der Waals surface area (Å²) in [5.74, 6) is 1.38. The molecular formula is C19H22N6. The smallest absolute Gasteiger partial charge is 0.227 e. The average Bonchev–Trinajstić information content (AvgIpc) is 2.54. The third-order valence-corrected chi connectivity index (χ3v) is 3.80. The van der Waals surface area contributed by atoms with Crippen molar-refractivity contribution in [3.63, 3.8) is 0 Å². The molecule has 0 aliphatic heterocycles. The van der Waals surface area contributed by atoms with Crippen LogP contribution in [0.4, 0.5) is 23.1 Å². The van der Waals surface area contributed by atoms with Crippen LogP contribution in [0.3, 0.4) is 0 Å². The van der Waals surface area contributed by atoms with Crippen LogP contribution in [0.25, 0.3) is 0 Å². The molecule has 25 heavy (non-hydrogen) atoms. The number of aromatic nitrogens is 4. The number of hydrogen-bond acceptors (Lipinski definition) is 6. The van der Waals surface area contributed by atoms with Gasteiger partial charge in [0.15, 0.2) is 0 Å². The predicted molar refractivity (Wildman–Crippen MR) is 101 cm³/mol. The van der Waals surface area contributed by atoms with Gasteiger partial charge in [0.2, 0.25) is 5.95 Å². The summed E-state index contributed by atoms with van der Waals surface area (Å²) in [5.41, 5.74) is 5.94. The standard InChI is InChI=1S/C19H22N6/c1-5-15-6-7-16(24-18-9-12(2)20-11-21-18)10-17(15)25-19-22-13(3)8-14(4)23-19/h6-11H,5H2,1-4H3,(H,20,21,24)(H,22,23,25). The van der Waals surface area contributed by atoms with E-state index in [0.717, 1.165) is 40.7 Å². The monoisotopic (exact) mass is 334 g/mol. The quantitative estimate of drug-likeness (QED) is 0.727. The number of nitrogens with one attached hydrogen (secondary N) is 2. The molecule has 1 aromatic carbocycles. The largest absolute Gasteiger partial charge is 0.340 e. The Morgan fingerprint density at radius 3 is 2.28 bits per heavy atom. The lowest BCUT2D eigenvalue weighted by Gasteiger charge is -2.13. The van der Waals surface area contributed by atoms with E-state index in [1.165, 1.54) is 5.56 Å². The van der Waals surface area contributed by atoms with Crippen LogP contribution < -0.4 is 10.6 Å². The van der Waals surface area contributed by atoms with Crippen LogP contribution in [0.1, 0.15) is 29.6 Å². The zero-order valence-corrected chi connectivity index (χ0v) is 15.0. The van der Waals surface area contributed by atoms with Crippen LogP contribution in [-0.4, -0.2) is 19.9 Å². The summed E-state index contributed by atoms with van der Waals surface area (Å²) in [7, 11) is 0. The molecule has 3 rings (SSSR count). The van der Waals surface area contributed by atoms with Crippen molar-refractivity contribution < 1.29 is 0 Å². The lowest BCUT2D eigenvalue weighted by Crippen LogP contribution is -2.03. The highest BCUT2D eigenvalue weighted by Crippen LogP contribution is 2.26. The van der Waals surface area contributed by atoms with Crippen LogP contribution in [0.15, 0.2) is 36.7 Å². The molecule has 3 aromatic rings. The molecule has 0 spiro atoms. The molecule has 2 N–H and O–H groups in total. The van der Waals surface area contributed by atoms with E-state index >= 15 is 0 Å². The molecule has 0 atom stereocenters. The van der Waals surface area contributed by atoms with Gasteiger partial charge >= 0.3 is 0 Å². The lowest BCUT2D eigenvalue weighted by atomic mass is 10.1. The van der Waals surface area contributed by atoms with Crippen LogP contribution in [0.2, 0.25) is 0 Å². The van der Waals surface area contributed by atoms with E-state index in [1.807, 2.05) is 39.0 Å². The van der Waals surface area contributed by atoms with Gasteiger partial charge in [-0.1, -0.05) is 13.0 Å². The SMILES string of the molecule is CCc1ccc(Nc2cc(C)ncn2)cc1Nc1nc(C)cc(C)n1. The molecule has 128 valence electrons. The van der Waals surface area contributed by atoms with Crippen molar-refractivity contribution >= 4 is 23.1 Å². The average molecular weight is 334 g/mol. The number of benzene rings is 1. The van der Waals surface area contributed by atoms with Gasteiger partial charge in [-0.05, 0) is 51.0 Å². The summed E-state index contributed by atoms with van der Waals surface area (Å²) in [6, 6.07) is 10.1. The highest BCUT2D eigenvalue weighted by Gasteiger charge is 2.07. The summed E-state index contributed by atoms with van der Waals surface area (Å²) in [4.78, 5) is 17.3. The Hall–Kier alpha value is -3.02. The summed E-state index contributed by atoms with van der Waals surface area (Å²) in [6.07, 6.45) is 2.47. The van der Waals surface area contributed by atoms with Gasteiger partial charge in [-0.3, -0.25) is 0 Å². The summed E-state index contributed by atoms with van der Waals surface area (Å²) in [5, 5.41) is 6.66. The van der Waals surface area contributed by atoms with Crippen LogP contribution in [-0.2, 0) is 6.42 Å². The molecule has 2 aromatic heterocycles. The van der Waals surface area contributed by atoms with Crippen molar-refractivity contribution in [2.24, 2.45) is 0 Å². The fourth-order valence-electron chi connectivity index (χ4n) is 2.65. The zero-order chi connectivity index (χ0) is 17.8. The number of aryl methyl sites for hydroxylation is 4. The van der Waals surface area contributed by atoms with Gasteiger partial charge in [0.05, 0.1) is 0 Å². The van der Waals surface area contributed by atoms with Crippen molar-refractivity contribution in [3.8, 4) is 0 Å². The molecule has 0 unspecified atom stereocenters. The molecule has 0 bridgehead atoms. The van der Waals surface area contributed by atoms with Gasteiger partial charge in [0.1, 0.15) is 12.1 Å². The van der Waals surface area contributed by atoms with Crippen LogP contribution in [0, 0.1) is 20.8 Å². The maximum absolute atomic E-state index is 4.47. The number of hydrogen-bond donors (Lipinski definition) is 2. The predicted octanol–water partition coefficient (Wildman–Crippen LogP) is 4.24. The number of anilines is 4. The lowest BCUT2D eigenvalue weighted by molar-refractivity contribution is 1.05. The van der Waals surface area contributed by atoms with E-state index in [0.29, 0.717) is 5.95 Å². The van der Waals surface area contributed by atoms with Gasteiger partial charge in [-0.2, -0.15) is 0 Å². The van der Waals surface area contributed by atoms with Gasteiger partial charge in [0, 0.05) is 34.5 Å². The Labute approximate surface area is 147 Å². The molecule has 2 heterocycles. The van der Waals surface area contributed by atoms with Crippen molar-refractivity contribution in [2.45, 2.75) is 34.1 Å². The fraction of sp³-hybridized carbons (Fsp3) is 0.263. The molecule has 0 aliphatic rings. The van der Waals surface area contributed by atoms with E-state index in [4.69, 9.17) is 0 Å². The second kappa shape index (κ2) is 7.25. The summed E-state index contributed by atoms with van der Waals surface area (Å²) in [6.45, 7) is 8.01. The summed E-state index contributed by atoms with van der Waals surface area (Å²) < 4.78 is 0. The Bertz CT molecular complexity index is 871. The molecule has 0 fully saturated rings. The Kier molecular flexibility index (Phi) is 4.88. The van der Waals surface area contributed by atoms with Crippen molar-refractivity contribution in [3.05, 3.63) is 59.3 Å². The molecule has 6 heteroatoms. The third kappa shape index (κ3) is 4.29. The van der Waals surface area contributed by atoms with E-state index in [1.54, 1.807) is 6.33 Å². The van der Waals surface area contributed by atoms with Gasteiger partial charge in [-0.15, -0.1) is 0 Å². The van der Waals surface area contributed by atoms with E-state index in [2.05, 4.69) is 49.6 Å².